The number of rotatable bonds is 7. The predicted molar refractivity (Wildman–Crippen MR) is 76.3 cm³/mol. The Hall–Kier alpha value is -1.59. The highest BCUT2D eigenvalue weighted by molar-refractivity contribution is 6.30. The molecule has 5 nitrogen and oxygen atoms in total. The molecule has 0 aromatic heterocycles. The first-order chi connectivity index (χ1) is 9.11. The lowest BCUT2D eigenvalue weighted by Gasteiger charge is -2.07. The molecule has 0 saturated carbocycles. The molecule has 0 atom stereocenters. The third-order valence-corrected chi connectivity index (χ3v) is 2.49. The Morgan fingerprint density at radius 3 is 2.63 bits per heavy atom. The van der Waals surface area contributed by atoms with Crippen LogP contribution >= 0.6 is 11.6 Å². The summed E-state index contributed by atoms with van der Waals surface area (Å²) >= 11 is 5.80. The molecule has 0 saturated heterocycles. The molecular weight excluding hydrogens is 266 g/mol. The summed E-state index contributed by atoms with van der Waals surface area (Å²) in [5, 5.41) is 8.73. The topological polar surface area (TPSA) is 70.2 Å². The highest BCUT2D eigenvalue weighted by atomic mass is 35.5. The first-order valence-corrected chi connectivity index (χ1v) is 6.52. The van der Waals surface area contributed by atoms with Crippen LogP contribution in [-0.4, -0.2) is 31.4 Å². The van der Waals surface area contributed by atoms with Gasteiger partial charge in [0.25, 0.3) is 0 Å². The minimum atomic E-state index is -0.217. The van der Waals surface area contributed by atoms with E-state index in [9.17, 15) is 9.59 Å². The number of hydrogen-bond acceptors (Lipinski definition) is 3. The van der Waals surface area contributed by atoms with E-state index in [0.717, 1.165) is 6.42 Å². The summed E-state index contributed by atoms with van der Waals surface area (Å²) in [5.74, 6) is -0.331. The minimum Gasteiger partial charge on any atom is -0.355 e. The van der Waals surface area contributed by atoms with Crippen LogP contribution in [0, 0.1) is 0 Å². The molecule has 1 aromatic carbocycles. The lowest BCUT2D eigenvalue weighted by atomic mass is 10.3. The molecular formula is C13H18ClN3O2. The van der Waals surface area contributed by atoms with Gasteiger partial charge in [-0.15, -0.1) is 0 Å². The van der Waals surface area contributed by atoms with Gasteiger partial charge in [0.05, 0.1) is 13.1 Å². The number of carbonyl (C=O) groups is 2. The van der Waals surface area contributed by atoms with Crippen LogP contribution < -0.4 is 16.0 Å². The molecule has 0 aliphatic rings. The number of anilines is 1. The van der Waals surface area contributed by atoms with E-state index < -0.39 is 0 Å². The van der Waals surface area contributed by atoms with Crippen LogP contribution in [0.4, 0.5) is 5.69 Å². The van der Waals surface area contributed by atoms with E-state index in [4.69, 9.17) is 11.6 Å². The van der Waals surface area contributed by atoms with Crippen molar-refractivity contribution in [2.75, 3.05) is 25.0 Å². The van der Waals surface area contributed by atoms with Gasteiger partial charge in [0.15, 0.2) is 0 Å². The highest BCUT2D eigenvalue weighted by Gasteiger charge is 2.04. The van der Waals surface area contributed by atoms with Crippen LogP contribution in [0.25, 0.3) is 0 Å². The Bertz CT molecular complexity index is 438. The van der Waals surface area contributed by atoms with Crippen LogP contribution in [0.1, 0.15) is 13.3 Å². The van der Waals surface area contributed by atoms with Crippen molar-refractivity contribution in [3.8, 4) is 0 Å². The fraction of sp³-hybridized carbons (Fsp3) is 0.385. The molecule has 0 spiro atoms. The van der Waals surface area contributed by atoms with Crippen molar-refractivity contribution in [3.05, 3.63) is 29.3 Å². The maximum atomic E-state index is 11.6. The number of nitrogens with one attached hydrogen (secondary N) is 3. The SMILES string of the molecule is CCCNC(=O)CNCC(=O)Nc1cccc(Cl)c1. The van der Waals surface area contributed by atoms with Gasteiger partial charge in [-0.2, -0.15) is 0 Å². The molecule has 2 amide bonds. The molecule has 0 unspecified atom stereocenters. The average molecular weight is 284 g/mol. The van der Waals surface area contributed by atoms with E-state index in [0.29, 0.717) is 17.3 Å². The second-order valence-corrected chi connectivity index (χ2v) is 4.45. The summed E-state index contributed by atoms with van der Waals surface area (Å²) in [6.45, 7) is 2.83. The van der Waals surface area contributed by atoms with Crippen LogP contribution in [0.3, 0.4) is 0 Å². The third kappa shape index (κ3) is 6.79. The van der Waals surface area contributed by atoms with Crippen molar-refractivity contribution in [3.63, 3.8) is 0 Å². The van der Waals surface area contributed by atoms with Gasteiger partial charge < -0.3 is 10.6 Å². The van der Waals surface area contributed by atoms with Gasteiger partial charge in [-0.1, -0.05) is 24.6 Å². The maximum Gasteiger partial charge on any atom is 0.238 e. The van der Waals surface area contributed by atoms with Gasteiger partial charge >= 0.3 is 0 Å². The molecule has 0 radical (unpaired) electrons. The summed E-state index contributed by atoms with van der Waals surface area (Å²) in [5.41, 5.74) is 0.634. The van der Waals surface area contributed by atoms with E-state index >= 15 is 0 Å². The largest absolute Gasteiger partial charge is 0.355 e. The molecule has 0 fully saturated rings. The number of amides is 2. The summed E-state index contributed by atoms with van der Waals surface area (Å²) in [6.07, 6.45) is 0.890. The summed E-state index contributed by atoms with van der Waals surface area (Å²) in [4.78, 5) is 22.8. The van der Waals surface area contributed by atoms with E-state index in [1.165, 1.54) is 0 Å². The van der Waals surface area contributed by atoms with E-state index in [2.05, 4.69) is 16.0 Å². The highest BCUT2D eigenvalue weighted by Crippen LogP contribution is 2.14. The van der Waals surface area contributed by atoms with E-state index in [1.54, 1.807) is 24.3 Å². The monoisotopic (exact) mass is 283 g/mol. The van der Waals surface area contributed by atoms with Crippen LogP contribution in [0.2, 0.25) is 5.02 Å². The first kappa shape index (κ1) is 15.5. The van der Waals surface area contributed by atoms with Crippen molar-refractivity contribution < 1.29 is 9.59 Å². The van der Waals surface area contributed by atoms with Crippen molar-refractivity contribution in [1.82, 2.24) is 10.6 Å². The molecule has 1 rings (SSSR count). The summed E-state index contributed by atoms with van der Waals surface area (Å²) < 4.78 is 0. The van der Waals surface area contributed by atoms with Crippen molar-refractivity contribution in [1.29, 1.82) is 0 Å². The van der Waals surface area contributed by atoms with Crippen molar-refractivity contribution in [2.24, 2.45) is 0 Å². The molecule has 19 heavy (non-hydrogen) atoms. The number of hydrogen-bond donors (Lipinski definition) is 3. The summed E-state index contributed by atoms with van der Waals surface area (Å²) in [6, 6.07) is 6.89. The second kappa shape index (κ2) is 8.50. The minimum absolute atomic E-state index is 0.0755. The zero-order chi connectivity index (χ0) is 14.1. The smallest absolute Gasteiger partial charge is 0.238 e. The molecule has 1 aromatic rings. The molecule has 6 heteroatoms. The lowest BCUT2D eigenvalue weighted by Crippen LogP contribution is -2.37. The fourth-order valence-corrected chi connectivity index (χ4v) is 1.58. The number of halogens is 1. The molecule has 0 aliphatic carbocycles. The van der Waals surface area contributed by atoms with Crippen LogP contribution in [-0.2, 0) is 9.59 Å². The first-order valence-electron chi connectivity index (χ1n) is 6.14. The lowest BCUT2D eigenvalue weighted by molar-refractivity contribution is -0.120. The predicted octanol–water partition coefficient (Wildman–Crippen LogP) is 1.39. The van der Waals surface area contributed by atoms with Gasteiger partial charge in [0.1, 0.15) is 0 Å². The Morgan fingerprint density at radius 1 is 1.21 bits per heavy atom. The van der Waals surface area contributed by atoms with Gasteiger partial charge in [-0.3, -0.25) is 14.9 Å². The zero-order valence-electron chi connectivity index (χ0n) is 10.8. The standard InChI is InChI=1S/C13H18ClN3O2/c1-2-6-16-12(18)8-15-9-13(19)17-11-5-3-4-10(14)7-11/h3-5,7,15H,2,6,8-9H2,1H3,(H,16,18)(H,17,19). The zero-order valence-corrected chi connectivity index (χ0v) is 11.6. The maximum absolute atomic E-state index is 11.6. The quantitative estimate of drug-likeness (QED) is 0.708. The van der Waals surface area contributed by atoms with Crippen LogP contribution in [0.5, 0.6) is 0 Å². The van der Waals surface area contributed by atoms with Crippen molar-refractivity contribution in [2.45, 2.75) is 13.3 Å². The summed E-state index contributed by atoms with van der Waals surface area (Å²) in [7, 11) is 0. The second-order valence-electron chi connectivity index (χ2n) is 4.01. The molecule has 3 N–H and O–H groups in total. The fourth-order valence-electron chi connectivity index (χ4n) is 1.39. The molecule has 0 bridgehead atoms. The third-order valence-electron chi connectivity index (χ3n) is 2.25. The Labute approximate surface area is 117 Å². The molecule has 0 aliphatic heterocycles. The van der Waals surface area contributed by atoms with Gasteiger partial charge in [0.2, 0.25) is 11.8 Å². The van der Waals surface area contributed by atoms with Crippen LogP contribution in [0.15, 0.2) is 24.3 Å². The Morgan fingerprint density at radius 2 is 1.95 bits per heavy atom. The van der Waals surface area contributed by atoms with Gasteiger partial charge in [-0.05, 0) is 24.6 Å². The number of benzene rings is 1. The Balaban J connectivity index is 2.23. The average Bonchev–Trinajstić information content (AvgIpc) is 2.36. The van der Waals surface area contributed by atoms with Gasteiger partial charge in [-0.25, -0.2) is 0 Å². The normalized spacial score (nSPS) is 10.0. The Kier molecular flexibility index (Phi) is 6.92. The van der Waals surface area contributed by atoms with E-state index in [-0.39, 0.29) is 24.9 Å². The van der Waals surface area contributed by atoms with Crippen molar-refractivity contribution >= 4 is 29.1 Å². The van der Waals surface area contributed by atoms with E-state index in [1.807, 2.05) is 6.92 Å². The molecule has 104 valence electrons. The molecule has 0 heterocycles. The number of carbonyl (C=O) groups excluding carboxylic acids is 2. The van der Waals surface area contributed by atoms with Gasteiger partial charge in [0, 0.05) is 17.3 Å².